The maximum atomic E-state index is 12.2. The number of benzene rings is 2. The molecule has 23 heavy (non-hydrogen) atoms. The van der Waals surface area contributed by atoms with E-state index < -0.39 is 10.9 Å². The molecule has 0 heterocycles. The minimum atomic E-state index is -0.540. The molecular formula is C16H11Br2NO4. The van der Waals surface area contributed by atoms with Gasteiger partial charge < -0.3 is 4.74 Å². The largest absolute Gasteiger partial charge is 0.421 e. The zero-order valence-electron chi connectivity index (χ0n) is 12.0. The van der Waals surface area contributed by atoms with Crippen LogP contribution in [0.4, 0.5) is 0 Å². The number of nitrogens with zero attached hydrogens (tertiary/aromatic N) is 1. The number of hydrogen-bond donors (Lipinski definition) is 0. The van der Waals surface area contributed by atoms with Crippen molar-refractivity contribution < 1.29 is 14.5 Å². The van der Waals surface area contributed by atoms with E-state index in [9.17, 15) is 14.9 Å². The summed E-state index contributed by atoms with van der Waals surface area (Å²) in [6, 6.07) is 11.9. The summed E-state index contributed by atoms with van der Waals surface area (Å²) in [7, 11) is 0. The molecule has 0 aromatic heterocycles. The van der Waals surface area contributed by atoms with Crippen LogP contribution in [0.15, 0.2) is 57.1 Å². The van der Waals surface area contributed by atoms with E-state index in [-0.39, 0.29) is 11.4 Å². The third-order valence-corrected chi connectivity index (χ3v) is 3.94. The maximum absolute atomic E-state index is 12.2. The normalized spacial score (nSPS) is 11.2. The van der Waals surface area contributed by atoms with Crippen LogP contribution in [0, 0.1) is 10.1 Å². The third kappa shape index (κ3) is 4.49. The number of nitro groups is 1. The summed E-state index contributed by atoms with van der Waals surface area (Å²) in [4.78, 5) is 22.5. The minimum absolute atomic E-state index is 0.0630. The predicted octanol–water partition coefficient (Wildman–Crippen LogP) is 5.07. The van der Waals surface area contributed by atoms with Gasteiger partial charge in [0.15, 0.2) is 5.75 Å². The van der Waals surface area contributed by atoms with Gasteiger partial charge in [0.1, 0.15) is 0 Å². The molecule has 2 aromatic carbocycles. The molecule has 0 bridgehead atoms. The molecule has 0 spiro atoms. The van der Waals surface area contributed by atoms with E-state index in [1.807, 2.05) is 0 Å². The van der Waals surface area contributed by atoms with E-state index in [1.165, 1.54) is 13.0 Å². The Morgan fingerprint density at radius 2 is 1.87 bits per heavy atom. The molecule has 2 rings (SSSR count). The van der Waals surface area contributed by atoms with Crippen molar-refractivity contribution in [2.45, 2.75) is 6.92 Å². The molecule has 0 atom stereocenters. The highest BCUT2D eigenvalue weighted by atomic mass is 79.9. The maximum Gasteiger partial charge on any atom is 0.343 e. The highest BCUT2D eigenvalue weighted by Crippen LogP contribution is 2.35. The smallest absolute Gasteiger partial charge is 0.343 e. The fourth-order valence-corrected chi connectivity index (χ4v) is 3.14. The second-order valence-corrected chi connectivity index (χ2v) is 6.37. The molecule has 118 valence electrons. The fourth-order valence-electron chi connectivity index (χ4n) is 1.80. The van der Waals surface area contributed by atoms with Gasteiger partial charge in [0.25, 0.3) is 0 Å². The molecule has 0 radical (unpaired) electrons. The molecule has 0 saturated carbocycles. The number of allylic oxidation sites excluding steroid dienone is 1. The average molecular weight is 441 g/mol. The van der Waals surface area contributed by atoms with E-state index in [0.717, 1.165) is 0 Å². The fraction of sp³-hybridized carbons (Fsp3) is 0.0625. The number of hydrogen-bond acceptors (Lipinski definition) is 4. The van der Waals surface area contributed by atoms with Crippen molar-refractivity contribution >= 4 is 43.9 Å². The van der Waals surface area contributed by atoms with Gasteiger partial charge in [0.2, 0.25) is 5.70 Å². The first-order valence-electron chi connectivity index (χ1n) is 6.47. The lowest BCUT2D eigenvalue weighted by molar-refractivity contribution is -0.422. The van der Waals surface area contributed by atoms with E-state index in [0.29, 0.717) is 20.1 Å². The van der Waals surface area contributed by atoms with Crippen molar-refractivity contribution in [2.75, 3.05) is 0 Å². The standard InChI is InChI=1S/C16H11Br2NO4/c1-10(19(21)22)7-12-8-13(17)9-14(18)15(12)23-16(20)11-5-3-2-4-6-11/h2-9H,1H3. The monoisotopic (exact) mass is 439 g/mol. The van der Waals surface area contributed by atoms with Gasteiger partial charge in [-0.15, -0.1) is 0 Å². The SMILES string of the molecule is CC(=Cc1cc(Br)cc(Br)c1OC(=O)c1ccccc1)[N+](=O)[O-]. The van der Waals surface area contributed by atoms with Gasteiger partial charge in [-0.25, -0.2) is 4.79 Å². The molecule has 7 heteroatoms. The summed E-state index contributed by atoms with van der Waals surface area (Å²) in [5.74, 6) is -0.315. The Labute approximate surface area is 149 Å². The average Bonchev–Trinajstić information content (AvgIpc) is 2.51. The van der Waals surface area contributed by atoms with Crippen LogP contribution in [0.5, 0.6) is 5.75 Å². The molecule has 0 aliphatic carbocycles. The summed E-state index contributed by atoms with van der Waals surface area (Å²) >= 11 is 6.64. The molecule has 0 saturated heterocycles. The van der Waals surface area contributed by atoms with Gasteiger partial charge in [-0.05, 0) is 40.2 Å². The lowest BCUT2D eigenvalue weighted by atomic mass is 10.1. The summed E-state index contributed by atoms with van der Waals surface area (Å²) in [5.41, 5.74) is 0.750. The highest BCUT2D eigenvalue weighted by molar-refractivity contribution is 9.11. The Morgan fingerprint density at radius 1 is 1.22 bits per heavy atom. The van der Waals surface area contributed by atoms with E-state index in [1.54, 1.807) is 42.5 Å². The van der Waals surface area contributed by atoms with E-state index in [4.69, 9.17) is 4.74 Å². The first kappa shape index (κ1) is 17.4. The zero-order chi connectivity index (χ0) is 17.0. The molecular weight excluding hydrogens is 430 g/mol. The molecule has 0 aliphatic heterocycles. The Hall–Kier alpha value is -1.99. The van der Waals surface area contributed by atoms with Gasteiger partial charge in [-0.3, -0.25) is 10.1 Å². The second-order valence-electron chi connectivity index (χ2n) is 4.60. The van der Waals surface area contributed by atoms with Crippen LogP contribution in [0.2, 0.25) is 0 Å². The lowest BCUT2D eigenvalue weighted by Gasteiger charge is -2.10. The first-order valence-corrected chi connectivity index (χ1v) is 8.06. The van der Waals surface area contributed by atoms with Crippen molar-refractivity contribution in [1.82, 2.24) is 0 Å². The Bertz CT molecular complexity index is 788. The second kappa shape index (κ2) is 7.52. The number of rotatable bonds is 4. The molecule has 0 N–H and O–H groups in total. The Kier molecular flexibility index (Phi) is 5.68. The topological polar surface area (TPSA) is 69.4 Å². The van der Waals surface area contributed by atoms with Crippen LogP contribution >= 0.6 is 31.9 Å². The highest BCUT2D eigenvalue weighted by Gasteiger charge is 2.16. The summed E-state index contributed by atoms with van der Waals surface area (Å²) < 4.78 is 6.64. The van der Waals surface area contributed by atoms with Gasteiger partial charge >= 0.3 is 5.97 Å². The molecule has 2 aromatic rings. The Morgan fingerprint density at radius 3 is 2.48 bits per heavy atom. The van der Waals surface area contributed by atoms with Crippen LogP contribution in [0.3, 0.4) is 0 Å². The van der Waals surface area contributed by atoms with Gasteiger partial charge in [0.05, 0.1) is 15.0 Å². The van der Waals surface area contributed by atoms with Crippen molar-refractivity contribution in [1.29, 1.82) is 0 Å². The predicted molar refractivity (Wildman–Crippen MR) is 93.9 cm³/mol. The van der Waals surface area contributed by atoms with E-state index >= 15 is 0 Å². The number of esters is 1. The quantitative estimate of drug-likeness (QED) is 0.288. The summed E-state index contributed by atoms with van der Waals surface area (Å²) in [6.45, 7) is 1.37. The van der Waals surface area contributed by atoms with Crippen LogP contribution in [-0.2, 0) is 0 Å². The van der Waals surface area contributed by atoms with Crippen LogP contribution in [0.25, 0.3) is 6.08 Å². The van der Waals surface area contributed by atoms with Crippen LogP contribution < -0.4 is 4.74 Å². The van der Waals surface area contributed by atoms with Crippen LogP contribution in [0.1, 0.15) is 22.8 Å². The summed E-state index contributed by atoms with van der Waals surface area (Å²) in [6.07, 6.45) is 1.35. The molecule has 0 amide bonds. The zero-order valence-corrected chi connectivity index (χ0v) is 15.1. The van der Waals surface area contributed by atoms with Gasteiger partial charge in [-0.2, -0.15) is 0 Å². The summed E-state index contributed by atoms with van der Waals surface area (Å²) in [5, 5.41) is 10.8. The van der Waals surface area contributed by atoms with E-state index in [2.05, 4.69) is 31.9 Å². The number of ether oxygens (including phenoxy) is 1. The van der Waals surface area contributed by atoms with Crippen molar-refractivity contribution in [3.63, 3.8) is 0 Å². The van der Waals surface area contributed by atoms with Crippen molar-refractivity contribution in [3.8, 4) is 5.75 Å². The first-order chi connectivity index (χ1) is 10.9. The van der Waals surface area contributed by atoms with Gasteiger partial charge in [-0.1, -0.05) is 34.1 Å². The lowest BCUT2D eigenvalue weighted by Crippen LogP contribution is -2.09. The van der Waals surface area contributed by atoms with Crippen molar-refractivity contribution in [3.05, 3.63) is 78.3 Å². The number of halogens is 2. The number of carbonyl (C=O) groups excluding carboxylic acids is 1. The minimum Gasteiger partial charge on any atom is -0.421 e. The molecule has 5 nitrogen and oxygen atoms in total. The molecule has 0 aliphatic rings. The molecule has 0 fully saturated rings. The third-order valence-electron chi connectivity index (χ3n) is 2.89. The molecule has 0 unspecified atom stereocenters. The van der Waals surface area contributed by atoms with Crippen LogP contribution in [-0.4, -0.2) is 10.9 Å². The number of carbonyl (C=O) groups is 1. The Balaban J connectivity index is 2.43. The van der Waals surface area contributed by atoms with Crippen molar-refractivity contribution in [2.24, 2.45) is 0 Å². The van der Waals surface area contributed by atoms with Gasteiger partial charge in [0, 0.05) is 23.0 Å².